The van der Waals surface area contributed by atoms with Crippen molar-refractivity contribution < 1.29 is 9.47 Å². The molecule has 0 radical (unpaired) electrons. The van der Waals surface area contributed by atoms with E-state index in [0.717, 1.165) is 25.9 Å². The van der Waals surface area contributed by atoms with Crippen molar-refractivity contribution in [3.63, 3.8) is 0 Å². The van der Waals surface area contributed by atoms with Gasteiger partial charge in [-0.3, -0.25) is 4.99 Å². The first-order valence-electron chi connectivity index (χ1n) is 8.52. The molecular weight excluding hydrogens is 508 g/mol. The van der Waals surface area contributed by atoms with Gasteiger partial charge in [0.15, 0.2) is 11.5 Å². The zero-order chi connectivity index (χ0) is 20.1. The number of aliphatic imine (C=N–C) groups is 1. The van der Waals surface area contributed by atoms with Crippen LogP contribution in [0.4, 0.5) is 5.69 Å². The van der Waals surface area contributed by atoms with Crippen LogP contribution in [0.25, 0.3) is 0 Å². The number of ether oxygens (including phenoxy) is 2. The Labute approximate surface area is 188 Å². The van der Waals surface area contributed by atoms with E-state index >= 15 is 0 Å². The van der Waals surface area contributed by atoms with Gasteiger partial charge in [-0.25, -0.2) is 0 Å². The van der Waals surface area contributed by atoms with Gasteiger partial charge in [-0.15, -0.1) is 0 Å². The van der Waals surface area contributed by atoms with Gasteiger partial charge in [-0.2, -0.15) is 0 Å². The lowest BCUT2D eigenvalue weighted by molar-refractivity contribution is 0.282. The molecule has 0 aromatic heterocycles. The number of rotatable bonds is 6. The van der Waals surface area contributed by atoms with Crippen molar-refractivity contribution >= 4 is 57.7 Å². The summed E-state index contributed by atoms with van der Waals surface area (Å²) in [5.74, 6) is 1.32. The van der Waals surface area contributed by atoms with Crippen molar-refractivity contribution in [2.24, 2.45) is 4.99 Å². The molecule has 0 aliphatic carbocycles. The molecule has 0 heterocycles. The molecule has 3 aromatic carbocycles. The van der Waals surface area contributed by atoms with E-state index in [9.17, 15) is 0 Å². The summed E-state index contributed by atoms with van der Waals surface area (Å²) in [5, 5.41) is 1.34. The summed E-state index contributed by atoms with van der Waals surface area (Å²) >= 11 is 14.5. The smallest absolute Gasteiger partial charge is 0.174 e. The number of hydrogen-bond donors (Lipinski definition) is 0. The average Bonchev–Trinajstić information content (AvgIpc) is 2.68. The van der Waals surface area contributed by atoms with Crippen molar-refractivity contribution in [1.82, 2.24) is 0 Å². The molecule has 0 amide bonds. The average molecular weight is 526 g/mol. The SMILES string of the molecule is COc1cc(C=Nc2cc(Cl)ccc2C)cc(I)c1OCc1ccccc1Cl. The maximum absolute atomic E-state index is 6.21. The van der Waals surface area contributed by atoms with E-state index in [0.29, 0.717) is 28.2 Å². The highest BCUT2D eigenvalue weighted by molar-refractivity contribution is 14.1. The monoisotopic (exact) mass is 525 g/mol. The molecule has 0 N–H and O–H groups in total. The second-order valence-corrected chi connectivity index (χ2v) is 8.11. The van der Waals surface area contributed by atoms with Crippen LogP contribution >= 0.6 is 45.8 Å². The van der Waals surface area contributed by atoms with Crippen LogP contribution in [0.3, 0.4) is 0 Å². The molecule has 0 bridgehead atoms. The normalized spacial score (nSPS) is 11.0. The minimum Gasteiger partial charge on any atom is -0.493 e. The van der Waals surface area contributed by atoms with E-state index in [-0.39, 0.29) is 0 Å². The lowest BCUT2D eigenvalue weighted by Crippen LogP contribution is -2.01. The Hall–Kier alpha value is -1.76. The predicted molar refractivity (Wildman–Crippen MR) is 125 cm³/mol. The zero-order valence-corrected chi connectivity index (χ0v) is 19.0. The summed E-state index contributed by atoms with van der Waals surface area (Å²) in [5.41, 5.74) is 3.72. The largest absolute Gasteiger partial charge is 0.493 e. The number of methoxy groups -OCH3 is 1. The molecule has 0 aliphatic rings. The quantitative estimate of drug-likeness (QED) is 0.251. The van der Waals surface area contributed by atoms with Gasteiger partial charge in [-0.05, 0) is 71.0 Å². The van der Waals surface area contributed by atoms with Crippen LogP contribution < -0.4 is 9.47 Å². The minimum atomic E-state index is 0.362. The highest BCUT2D eigenvalue weighted by Crippen LogP contribution is 2.35. The number of aryl methyl sites for hydroxylation is 1. The molecule has 0 saturated heterocycles. The third kappa shape index (κ3) is 5.19. The lowest BCUT2D eigenvalue weighted by Gasteiger charge is -2.14. The van der Waals surface area contributed by atoms with Crippen molar-refractivity contribution in [2.75, 3.05) is 7.11 Å². The van der Waals surface area contributed by atoms with E-state index in [4.69, 9.17) is 32.7 Å². The van der Waals surface area contributed by atoms with E-state index in [1.807, 2.05) is 61.5 Å². The standard InChI is InChI=1S/C22H18Cl2INO2/c1-14-7-8-17(23)11-20(14)26-12-15-9-19(25)22(21(10-15)27-2)28-13-16-5-3-4-6-18(16)24/h3-12H,13H2,1-2H3. The first-order chi connectivity index (χ1) is 13.5. The molecule has 144 valence electrons. The zero-order valence-electron chi connectivity index (χ0n) is 15.4. The molecule has 0 unspecified atom stereocenters. The van der Waals surface area contributed by atoms with Crippen LogP contribution in [0.5, 0.6) is 11.5 Å². The van der Waals surface area contributed by atoms with E-state index in [1.54, 1.807) is 13.3 Å². The van der Waals surface area contributed by atoms with Crippen LogP contribution in [0.2, 0.25) is 10.0 Å². The highest BCUT2D eigenvalue weighted by Gasteiger charge is 2.12. The van der Waals surface area contributed by atoms with Gasteiger partial charge < -0.3 is 9.47 Å². The third-order valence-corrected chi connectivity index (χ3v) is 5.51. The molecule has 3 rings (SSSR count). The fourth-order valence-corrected chi connectivity index (χ4v) is 3.72. The molecule has 28 heavy (non-hydrogen) atoms. The summed E-state index contributed by atoms with van der Waals surface area (Å²) in [6.07, 6.45) is 1.79. The Bertz CT molecular complexity index is 1020. The van der Waals surface area contributed by atoms with Gasteiger partial charge in [0.05, 0.1) is 16.4 Å². The first kappa shape index (κ1) is 21.0. The molecular formula is C22H18Cl2INO2. The minimum absolute atomic E-state index is 0.362. The Morgan fingerprint density at radius 2 is 1.86 bits per heavy atom. The third-order valence-electron chi connectivity index (χ3n) is 4.11. The van der Waals surface area contributed by atoms with Crippen molar-refractivity contribution in [3.05, 3.63) is 84.9 Å². The van der Waals surface area contributed by atoms with E-state index in [1.165, 1.54) is 0 Å². The van der Waals surface area contributed by atoms with E-state index < -0.39 is 0 Å². The summed E-state index contributed by atoms with van der Waals surface area (Å²) < 4.78 is 12.5. The molecule has 0 saturated carbocycles. The number of benzene rings is 3. The fourth-order valence-electron chi connectivity index (χ4n) is 2.59. The molecule has 0 aliphatic heterocycles. The lowest BCUT2D eigenvalue weighted by atomic mass is 10.2. The van der Waals surface area contributed by atoms with Gasteiger partial charge in [0.2, 0.25) is 0 Å². The number of halogens is 3. The van der Waals surface area contributed by atoms with Gasteiger partial charge in [0, 0.05) is 21.8 Å². The Kier molecular flexibility index (Phi) is 7.21. The highest BCUT2D eigenvalue weighted by atomic mass is 127. The second-order valence-electron chi connectivity index (χ2n) is 6.10. The topological polar surface area (TPSA) is 30.8 Å². The van der Waals surface area contributed by atoms with Crippen LogP contribution in [-0.4, -0.2) is 13.3 Å². The summed E-state index contributed by atoms with van der Waals surface area (Å²) in [4.78, 5) is 4.56. The van der Waals surface area contributed by atoms with Gasteiger partial charge >= 0.3 is 0 Å². The predicted octanol–water partition coefficient (Wildman–Crippen LogP) is 7.24. The Balaban J connectivity index is 1.84. The van der Waals surface area contributed by atoms with Crippen molar-refractivity contribution in [2.45, 2.75) is 13.5 Å². The Morgan fingerprint density at radius 1 is 1.07 bits per heavy atom. The van der Waals surface area contributed by atoms with Crippen LogP contribution in [0, 0.1) is 10.5 Å². The van der Waals surface area contributed by atoms with Crippen LogP contribution in [0.1, 0.15) is 16.7 Å². The maximum Gasteiger partial charge on any atom is 0.174 e. The van der Waals surface area contributed by atoms with Gasteiger partial charge in [-0.1, -0.05) is 47.5 Å². The van der Waals surface area contributed by atoms with Gasteiger partial charge in [0.25, 0.3) is 0 Å². The first-order valence-corrected chi connectivity index (χ1v) is 10.4. The molecule has 0 atom stereocenters. The second kappa shape index (κ2) is 9.63. The molecule has 6 heteroatoms. The Morgan fingerprint density at radius 3 is 2.61 bits per heavy atom. The van der Waals surface area contributed by atoms with Crippen molar-refractivity contribution in [3.8, 4) is 11.5 Å². The van der Waals surface area contributed by atoms with Crippen LogP contribution in [-0.2, 0) is 6.61 Å². The summed E-state index contributed by atoms with van der Waals surface area (Å²) in [6, 6.07) is 17.2. The van der Waals surface area contributed by atoms with Gasteiger partial charge in [0.1, 0.15) is 6.61 Å². The van der Waals surface area contributed by atoms with E-state index in [2.05, 4.69) is 27.6 Å². The molecule has 0 fully saturated rings. The van der Waals surface area contributed by atoms with Crippen LogP contribution in [0.15, 0.2) is 59.6 Å². The fraction of sp³-hybridized carbons (Fsp3) is 0.136. The molecule has 3 aromatic rings. The maximum atomic E-state index is 6.21. The molecule has 3 nitrogen and oxygen atoms in total. The molecule has 0 spiro atoms. The summed E-state index contributed by atoms with van der Waals surface area (Å²) in [6.45, 7) is 2.36. The number of hydrogen-bond acceptors (Lipinski definition) is 3. The van der Waals surface area contributed by atoms with Crippen molar-refractivity contribution in [1.29, 1.82) is 0 Å². The summed E-state index contributed by atoms with van der Waals surface area (Å²) in [7, 11) is 1.62. The number of nitrogens with zero attached hydrogens (tertiary/aromatic N) is 1.